The number of halogens is 7. The minimum atomic E-state index is -5.08. The second-order valence-electron chi connectivity index (χ2n) is 9.84. The van der Waals surface area contributed by atoms with Gasteiger partial charge >= 0.3 is 24.3 Å². The molecule has 1 aromatic carbocycles. The van der Waals surface area contributed by atoms with Crippen molar-refractivity contribution in [3.63, 3.8) is 0 Å². The van der Waals surface area contributed by atoms with Gasteiger partial charge in [0.15, 0.2) is 5.60 Å². The number of carboxylic acid groups (broad SMARTS) is 2. The molecule has 6 N–H and O–H groups in total. The van der Waals surface area contributed by atoms with E-state index in [1.165, 1.54) is 4.90 Å². The smallest absolute Gasteiger partial charge is 0.475 e. The Morgan fingerprint density at radius 1 is 1.02 bits per heavy atom. The number of aliphatic carboxylic acids is 2. The number of hydrogen-bond acceptors (Lipinski definition) is 7. The second-order valence-corrected chi connectivity index (χ2v) is 10.3. The molecule has 2 amide bonds. The lowest BCUT2D eigenvalue weighted by Crippen LogP contribution is -2.53. The summed E-state index contributed by atoms with van der Waals surface area (Å²) in [4.78, 5) is 49.9. The van der Waals surface area contributed by atoms with Crippen LogP contribution >= 0.6 is 11.6 Å². The topological polar surface area (TPSA) is 183 Å². The minimum absolute atomic E-state index is 0.233. The van der Waals surface area contributed by atoms with Crippen molar-refractivity contribution in [1.82, 2.24) is 15.2 Å². The Morgan fingerprint density at radius 3 is 2.18 bits per heavy atom. The van der Waals surface area contributed by atoms with Crippen LogP contribution in [0.4, 0.5) is 26.3 Å². The number of alkyl halides is 6. The van der Waals surface area contributed by atoms with Crippen molar-refractivity contribution in [1.29, 1.82) is 0 Å². The average molecular weight is 671 g/mol. The molecule has 11 nitrogen and oxygen atoms in total. The Morgan fingerprint density at radius 2 is 1.62 bits per heavy atom. The first-order valence-electron chi connectivity index (χ1n) is 13.1. The molecule has 0 saturated carbocycles. The molecular weight excluding hydrogens is 642 g/mol. The Labute approximate surface area is 257 Å². The number of nitrogens with zero attached hydrogens (tertiary/aromatic N) is 2. The van der Waals surface area contributed by atoms with Crippen LogP contribution in [0.25, 0.3) is 0 Å². The largest absolute Gasteiger partial charge is 0.490 e. The van der Waals surface area contributed by atoms with Crippen molar-refractivity contribution in [2.45, 2.75) is 69.2 Å². The predicted molar refractivity (Wildman–Crippen MR) is 144 cm³/mol. The van der Waals surface area contributed by atoms with E-state index in [1.54, 1.807) is 30.6 Å². The maximum atomic E-state index is 13.5. The number of fused-ring (bicyclic) bond motifs is 1. The van der Waals surface area contributed by atoms with Crippen molar-refractivity contribution >= 4 is 35.4 Å². The number of aromatic nitrogens is 1. The van der Waals surface area contributed by atoms with Gasteiger partial charge in [-0.2, -0.15) is 26.3 Å². The molecule has 1 aromatic heterocycles. The number of nitrogens with one attached hydrogen (secondary N) is 1. The molecule has 1 aliphatic heterocycles. The van der Waals surface area contributed by atoms with Gasteiger partial charge in [0.05, 0.1) is 0 Å². The minimum Gasteiger partial charge on any atom is -0.475 e. The van der Waals surface area contributed by atoms with E-state index in [0.29, 0.717) is 49.4 Å². The zero-order chi connectivity index (χ0) is 34.2. The van der Waals surface area contributed by atoms with E-state index in [-0.39, 0.29) is 12.5 Å². The highest BCUT2D eigenvalue weighted by molar-refractivity contribution is 6.30. The number of carboxylic acids is 2. The van der Waals surface area contributed by atoms with E-state index in [4.69, 9.17) is 37.1 Å². The van der Waals surface area contributed by atoms with Crippen LogP contribution < -0.4 is 11.1 Å². The lowest BCUT2D eigenvalue weighted by Gasteiger charge is -2.37. The summed E-state index contributed by atoms with van der Waals surface area (Å²) in [6, 6.07) is 6.51. The fourth-order valence-electron chi connectivity index (χ4n) is 4.70. The summed E-state index contributed by atoms with van der Waals surface area (Å²) in [7, 11) is 0. The molecule has 1 saturated heterocycles. The van der Waals surface area contributed by atoms with Gasteiger partial charge in [-0.3, -0.25) is 14.6 Å². The lowest BCUT2D eigenvalue weighted by atomic mass is 9.79. The van der Waals surface area contributed by atoms with Gasteiger partial charge in [-0.1, -0.05) is 17.7 Å². The van der Waals surface area contributed by atoms with Crippen LogP contribution in [-0.2, 0) is 44.3 Å². The molecule has 2 aliphatic rings. The molecule has 0 bridgehead atoms. The highest BCUT2D eigenvalue weighted by Gasteiger charge is 2.47. The number of pyridine rings is 1. The van der Waals surface area contributed by atoms with Gasteiger partial charge in [-0.15, -0.1) is 0 Å². The van der Waals surface area contributed by atoms with E-state index in [9.17, 15) is 41.0 Å². The van der Waals surface area contributed by atoms with Crippen molar-refractivity contribution in [3.8, 4) is 0 Å². The van der Waals surface area contributed by atoms with E-state index in [1.807, 2.05) is 6.07 Å². The maximum Gasteiger partial charge on any atom is 0.490 e. The van der Waals surface area contributed by atoms with Crippen molar-refractivity contribution < 1.29 is 60.8 Å². The van der Waals surface area contributed by atoms with Gasteiger partial charge < -0.3 is 31.3 Å². The summed E-state index contributed by atoms with van der Waals surface area (Å²) < 4.78 is 63.5. The monoisotopic (exact) mass is 670 g/mol. The molecule has 2 aromatic rings. The van der Waals surface area contributed by atoms with Crippen LogP contribution in [0.5, 0.6) is 0 Å². The number of rotatable bonds is 5. The normalized spacial score (nSPS) is 19.2. The maximum absolute atomic E-state index is 13.5. The lowest BCUT2D eigenvalue weighted by molar-refractivity contribution is -0.193. The van der Waals surface area contributed by atoms with Gasteiger partial charge in [-0.05, 0) is 72.6 Å². The summed E-state index contributed by atoms with van der Waals surface area (Å²) in [5.41, 5.74) is 7.43. The van der Waals surface area contributed by atoms with E-state index in [2.05, 4.69) is 10.3 Å². The van der Waals surface area contributed by atoms with Gasteiger partial charge in [0.25, 0.3) is 5.91 Å². The molecule has 45 heavy (non-hydrogen) atoms. The Bertz CT molecular complexity index is 1370. The molecule has 1 aliphatic carbocycles. The van der Waals surface area contributed by atoms with Crippen molar-refractivity contribution in [3.05, 3.63) is 63.9 Å². The third-order valence-corrected chi connectivity index (χ3v) is 7.07. The van der Waals surface area contributed by atoms with E-state index in [0.717, 1.165) is 23.1 Å². The van der Waals surface area contributed by atoms with Crippen molar-refractivity contribution in [2.24, 2.45) is 5.73 Å². The molecule has 1 unspecified atom stereocenters. The summed E-state index contributed by atoms with van der Waals surface area (Å²) >= 11 is 6.08. The standard InChI is InChI=1S/C23H27ClN4O3.2C2HF3O2/c24-18-6-5-15(12-25)17(11-18)14-27-21(29)20-4-2-10-28(20)22(30)23(31)8-1-3-16-13-26-9-7-19(16)23;2*3-2(4,5)1(6)7/h5-7,9,11,13,20,31H,1-4,8,10,12,14,25H2,(H,27,29);2*(H,6,7)/t20-,23?;;/m0../s1. The molecule has 2 atom stereocenters. The van der Waals surface area contributed by atoms with Crippen LogP contribution in [0.1, 0.15) is 47.9 Å². The van der Waals surface area contributed by atoms with Crippen LogP contribution in [0.2, 0.25) is 5.02 Å². The van der Waals surface area contributed by atoms with Gasteiger partial charge in [0.1, 0.15) is 6.04 Å². The molecule has 4 rings (SSSR count). The third-order valence-electron chi connectivity index (χ3n) is 6.83. The van der Waals surface area contributed by atoms with Crippen LogP contribution in [0.3, 0.4) is 0 Å². The third kappa shape index (κ3) is 10.0. The summed E-state index contributed by atoms with van der Waals surface area (Å²) in [5, 5.41) is 29.1. The number of amides is 2. The molecule has 1 fully saturated rings. The first kappa shape index (κ1) is 37.2. The highest BCUT2D eigenvalue weighted by atomic mass is 35.5. The summed E-state index contributed by atoms with van der Waals surface area (Å²) in [5.74, 6) is -6.15. The first-order valence-corrected chi connectivity index (χ1v) is 13.5. The summed E-state index contributed by atoms with van der Waals surface area (Å²) in [6.45, 7) is 1.08. The van der Waals surface area contributed by atoms with Gasteiger partial charge in [-0.25, -0.2) is 9.59 Å². The van der Waals surface area contributed by atoms with Crippen LogP contribution in [0, 0.1) is 0 Å². The zero-order valence-electron chi connectivity index (χ0n) is 23.3. The fraction of sp³-hybridized carbons (Fsp3) is 0.444. The number of carbonyl (C=O) groups excluding carboxylic acids is 2. The van der Waals surface area contributed by atoms with Gasteiger partial charge in [0.2, 0.25) is 5.91 Å². The number of aryl methyl sites for hydroxylation is 1. The number of benzene rings is 1. The SMILES string of the molecule is NCc1ccc(Cl)cc1CNC(=O)[C@@H]1CCCN1C(=O)C1(O)CCCc2cnccc21.O=C(O)C(F)(F)F.O=C(O)C(F)(F)F. The van der Waals surface area contributed by atoms with Crippen molar-refractivity contribution in [2.75, 3.05) is 6.54 Å². The quantitative estimate of drug-likeness (QED) is 0.298. The molecule has 0 spiro atoms. The van der Waals surface area contributed by atoms with E-state index < -0.39 is 41.8 Å². The predicted octanol–water partition coefficient (Wildman–Crippen LogP) is 3.29. The van der Waals surface area contributed by atoms with Crippen LogP contribution in [-0.4, -0.2) is 73.9 Å². The highest BCUT2D eigenvalue weighted by Crippen LogP contribution is 2.38. The van der Waals surface area contributed by atoms with E-state index >= 15 is 0 Å². The zero-order valence-corrected chi connectivity index (χ0v) is 24.0. The Balaban J connectivity index is 0.000000421. The second kappa shape index (κ2) is 15.4. The Hall–Kier alpha value is -3.96. The number of aliphatic hydroxyl groups is 1. The molecule has 2 heterocycles. The number of likely N-dealkylation sites (tertiary alicyclic amines) is 1. The van der Waals surface area contributed by atoms with Crippen LogP contribution in [0.15, 0.2) is 36.7 Å². The Kier molecular flexibility index (Phi) is 12.7. The molecular formula is C27H29ClF6N4O7. The number of nitrogens with two attached hydrogens (primary N) is 1. The molecule has 0 radical (unpaired) electrons. The summed E-state index contributed by atoms with van der Waals surface area (Å²) in [6.07, 6.45) is -3.76. The molecule has 248 valence electrons. The fourth-order valence-corrected chi connectivity index (χ4v) is 4.89. The number of carbonyl (C=O) groups is 4. The first-order chi connectivity index (χ1) is 20.8. The van der Waals surface area contributed by atoms with Gasteiger partial charge in [0, 0.05) is 37.1 Å². The average Bonchev–Trinajstić information content (AvgIpc) is 3.45. The number of hydrogen-bond donors (Lipinski definition) is 5. The molecule has 18 heteroatoms.